The van der Waals surface area contributed by atoms with Crippen LogP contribution in [-0.2, 0) is 9.59 Å². The number of carbonyl (C=O) groups is 3. The smallest absolute Gasteiger partial charge is 0.335 e. The Morgan fingerprint density at radius 3 is 2.29 bits per heavy atom. The van der Waals surface area contributed by atoms with Gasteiger partial charge < -0.3 is 4.74 Å². The Morgan fingerprint density at radius 1 is 1.04 bits per heavy atom. The van der Waals surface area contributed by atoms with Crippen molar-refractivity contribution >= 4 is 64.4 Å². The summed E-state index contributed by atoms with van der Waals surface area (Å²) in [6.07, 6.45) is 1.30. The van der Waals surface area contributed by atoms with E-state index in [0.717, 1.165) is 4.90 Å². The van der Waals surface area contributed by atoms with Gasteiger partial charge in [-0.15, -0.1) is 0 Å². The fraction of sp³-hybridized carbons (Fsp3) is 0.105. The summed E-state index contributed by atoms with van der Waals surface area (Å²) in [5.74, 6) is -1.34. The van der Waals surface area contributed by atoms with Gasteiger partial charge in [-0.2, -0.15) is 0 Å². The number of barbiturate groups is 1. The third kappa shape index (κ3) is 3.58. The Kier molecular flexibility index (Phi) is 5.65. The van der Waals surface area contributed by atoms with Crippen LogP contribution in [0.25, 0.3) is 6.08 Å². The molecule has 0 aliphatic carbocycles. The highest BCUT2D eigenvalue weighted by molar-refractivity contribution is 6.40. The minimum Gasteiger partial charge on any atom is -0.494 e. The van der Waals surface area contributed by atoms with Crippen molar-refractivity contribution in [3.05, 3.63) is 62.1 Å². The van der Waals surface area contributed by atoms with Gasteiger partial charge in [0.25, 0.3) is 11.8 Å². The van der Waals surface area contributed by atoms with E-state index in [1.54, 1.807) is 25.1 Å². The van der Waals surface area contributed by atoms with Crippen molar-refractivity contribution in [1.29, 1.82) is 0 Å². The van der Waals surface area contributed by atoms with Crippen LogP contribution in [0.3, 0.4) is 0 Å². The summed E-state index contributed by atoms with van der Waals surface area (Å²) >= 11 is 18.3. The zero-order valence-electron chi connectivity index (χ0n) is 14.7. The molecule has 4 amide bonds. The first-order valence-electron chi connectivity index (χ1n) is 7.94. The lowest BCUT2D eigenvalue weighted by Gasteiger charge is -2.27. The van der Waals surface area contributed by atoms with Gasteiger partial charge in [0.05, 0.1) is 22.8 Å². The number of ether oxygens (including phenoxy) is 1. The normalized spacial score (nSPS) is 15.8. The molecular formula is C19H13Cl3N2O4. The predicted molar refractivity (Wildman–Crippen MR) is 108 cm³/mol. The summed E-state index contributed by atoms with van der Waals surface area (Å²) in [5, 5.41) is 2.96. The van der Waals surface area contributed by atoms with Crippen LogP contribution >= 0.6 is 34.8 Å². The topological polar surface area (TPSA) is 75.7 Å². The average Bonchev–Trinajstić information content (AvgIpc) is 2.62. The number of carbonyl (C=O) groups excluding carboxylic acids is 3. The maximum atomic E-state index is 12.9. The molecule has 28 heavy (non-hydrogen) atoms. The van der Waals surface area contributed by atoms with Crippen LogP contribution in [-0.4, -0.2) is 25.0 Å². The van der Waals surface area contributed by atoms with Gasteiger partial charge in [-0.25, -0.2) is 9.69 Å². The molecule has 0 atom stereocenters. The number of methoxy groups -OCH3 is 1. The van der Waals surface area contributed by atoms with Gasteiger partial charge in [-0.05, 0) is 48.4 Å². The summed E-state index contributed by atoms with van der Waals surface area (Å²) in [6.45, 7) is 1.67. The quantitative estimate of drug-likeness (QED) is 0.559. The van der Waals surface area contributed by atoms with Gasteiger partial charge in [0.2, 0.25) is 0 Å². The van der Waals surface area contributed by atoms with Crippen molar-refractivity contribution in [1.82, 2.24) is 5.32 Å². The molecule has 2 aromatic rings. The standard InChI is InChI=1S/C19H13Cl3N2O4/c1-9-12(20)4-3-5-15(9)24-18(26)11(17(25)23-19(24)27)6-10-7-13(21)16(28-2)14(22)8-10/h3-8H,1-2H3,(H,23,25,27)/b11-6+. The fourth-order valence-electron chi connectivity index (χ4n) is 2.74. The number of halogens is 3. The first kappa shape index (κ1) is 20.2. The zero-order valence-corrected chi connectivity index (χ0v) is 16.9. The maximum Gasteiger partial charge on any atom is 0.335 e. The molecule has 0 aromatic heterocycles. The summed E-state index contributed by atoms with van der Waals surface area (Å²) < 4.78 is 5.08. The molecule has 144 valence electrons. The Balaban J connectivity index is 2.08. The number of amides is 4. The number of urea groups is 1. The molecule has 0 spiro atoms. The Bertz CT molecular complexity index is 1030. The Hall–Kier alpha value is -2.54. The molecule has 1 aliphatic heterocycles. The van der Waals surface area contributed by atoms with Crippen LogP contribution in [0.15, 0.2) is 35.9 Å². The first-order valence-corrected chi connectivity index (χ1v) is 9.07. The minimum absolute atomic E-state index is 0.212. The lowest BCUT2D eigenvalue weighted by Crippen LogP contribution is -2.54. The van der Waals surface area contributed by atoms with Gasteiger partial charge in [-0.1, -0.05) is 40.9 Å². The number of rotatable bonds is 3. The zero-order chi connectivity index (χ0) is 20.6. The lowest BCUT2D eigenvalue weighted by atomic mass is 10.1. The van der Waals surface area contributed by atoms with E-state index in [9.17, 15) is 14.4 Å². The van der Waals surface area contributed by atoms with Crippen molar-refractivity contribution in [2.45, 2.75) is 6.92 Å². The number of hydrogen-bond acceptors (Lipinski definition) is 4. The van der Waals surface area contributed by atoms with Crippen molar-refractivity contribution in [3.63, 3.8) is 0 Å². The Morgan fingerprint density at radius 2 is 1.68 bits per heavy atom. The van der Waals surface area contributed by atoms with Crippen molar-refractivity contribution in [3.8, 4) is 5.75 Å². The second kappa shape index (κ2) is 7.83. The van der Waals surface area contributed by atoms with E-state index in [1.807, 2.05) is 0 Å². The van der Waals surface area contributed by atoms with Crippen LogP contribution < -0.4 is 15.0 Å². The number of imide groups is 2. The molecule has 0 bridgehead atoms. The van der Waals surface area contributed by atoms with E-state index in [4.69, 9.17) is 39.5 Å². The SMILES string of the molecule is COc1c(Cl)cc(/C=C2\C(=O)NC(=O)N(c3cccc(Cl)c3C)C2=O)cc1Cl. The average molecular weight is 440 g/mol. The highest BCUT2D eigenvalue weighted by Gasteiger charge is 2.37. The van der Waals surface area contributed by atoms with Gasteiger partial charge in [0, 0.05) is 5.02 Å². The third-order valence-corrected chi connectivity index (χ3v) is 5.09. The number of anilines is 1. The molecule has 1 heterocycles. The summed E-state index contributed by atoms with van der Waals surface area (Å²) in [6, 6.07) is 6.93. The predicted octanol–water partition coefficient (Wildman–Crippen LogP) is 4.63. The molecule has 0 radical (unpaired) electrons. The number of benzene rings is 2. The van der Waals surface area contributed by atoms with Crippen LogP contribution in [0.2, 0.25) is 15.1 Å². The monoisotopic (exact) mass is 438 g/mol. The largest absolute Gasteiger partial charge is 0.494 e. The summed E-state index contributed by atoms with van der Waals surface area (Å²) in [7, 11) is 1.42. The van der Waals surface area contributed by atoms with Crippen molar-refractivity contribution < 1.29 is 19.1 Å². The van der Waals surface area contributed by atoms with E-state index in [2.05, 4.69) is 5.32 Å². The van der Waals surface area contributed by atoms with Crippen LogP contribution in [0, 0.1) is 6.92 Å². The minimum atomic E-state index is -0.858. The molecule has 1 N–H and O–H groups in total. The van der Waals surface area contributed by atoms with E-state index in [1.165, 1.54) is 25.3 Å². The number of hydrogen-bond donors (Lipinski definition) is 1. The molecule has 3 rings (SSSR count). The van der Waals surface area contributed by atoms with E-state index < -0.39 is 17.8 Å². The van der Waals surface area contributed by atoms with Crippen LogP contribution in [0.4, 0.5) is 10.5 Å². The van der Waals surface area contributed by atoms with Gasteiger partial charge in [0.15, 0.2) is 5.75 Å². The first-order chi connectivity index (χ1) is 13.2. The summed E-state index contributed by atoms with van der Waals surface area (Å²) in [4.78, 5) is 38.4. The third-order valence-electron chi connectivity index (χ3n) is 4.12. The second-order valence-electron chi connectivity index (χ2n) is 5.86. The molecule has 1 fully saturated rings. The molecule has 1 aliphatic rings. The fourth-order valence-corrected chi connectivity index (χ4v) is 3.57. The van der Waals surface area contributed by atoms with E-state index >= 15 is 0 Å². The highest BCUT2D eigenvalue weighted by Crippen LogP contribution is 2.35. The molecule has 6 nitrogen and oxygen atoms in total. The van der Waals surface area contributed by atoms with Crippen molar-refractivity contribution in [2.24, 2.45) is 0 Å². The van der Waals surface area contributed by atoms with E-state index in [0.29, 0.717) is 16.1 Å². The molecule has 0 unspecified atom stereocenters. The van der Waals surface area contributed by atoms with Crippen LogP contribution in [0.5, 0.6) is 5.75 Å². The van der Waals surface area contributed by atoms with Gasteiger partial charge in [0.1, 0.15) is 5.57 Å². The summed E-state index contributed by atoms with van der Waals surface area (Å²) in [5.41, 5.74) is 0.943. The highest BCUT2D eigenvalue weighted by atomic mass is 35.5. The van der Waals surface area contributed by atoms with Crippen LogP contribution in [0.1, 0.15) is 11.1 Å². The van der Waals surface area contributed by atoms with E-state index in [-0.39, 0.29) is 27.1 Å². The lowest BCUT2D eigenvalue weighted by molar-refractivity contribution is -0.122. The molecule has 0 saturated carbocycles. The Labute approximate surface area is 175 Å². The van der Waals surface area contributed by atoms with Crippen molar-refractivity contribution in [2.75, 3.05) is 12.0 Å². The second-order valence-corrected chi connectivity index (χ2v) is 7.08. The maximum absolute atomic E-state index is 12.9. The van der Waals surface area contributed by atoms with Gasteiger partial charge >= 0.3 is 6.03 Å². The molecular weight excluding hydrogens is 427 g/mol. The molecule has 1 saturated heterocycles. The number of nitrogens with zero attached hydrogens (tertiary/aromatic N) is 1. The molecule has 2 aromatic carbocycles. The van der Waals surface area contributed by atoms with Gasteiger partial charge in [-0.3, -0.25) is 14.9 Å². The molecule has 9 heteroatoms. The number of nitrogens with one attached hydrogen (secondary N) is 1.